The summed E-state index contributed by atoms with van der Waals surface area (Å²) < 4.78 is 30.2. The Morgan fingerprint density at radius 3 is 2.24 bits per heavy atom. The third-order valence-corrected chi connectivity index (χ3v) is 3.71. The van der Waals surface area contributed by atoms with Gasteiger partial charge in [-0.1, -0.05) is 24.1 Å². The van der Waals surface area contributed by atoms with Crippen molar-refractivity contribution in [2.24, 2.45) is 5.41 Å². The monoisotopic (exact) mass is 306 g/mol. The van der Waals surface area contributed by atoms with Crippen LogP contribution < -0.4 is 0 Å². The Morgan fingerprint density at radius 1 is 1.19 bits per heavy atom. The van der Waals surface area contributed by atoms with E-state index in [0.29, 0.717) is 0 Å². The molecule has 0 atom stereocenters. The lowest BCUT2D eigenvalue weighted by atomic mass is 9.98. The van der Waals surface area contributed by atoms with E-state index in [2.05, 4.69) is 11.8 Å². The molecule has 0 saturated heterocycles. The molecule has 0 bridgehead atoms. The number of allylic oxidation sites excluding steroid dienone is 1. The minimum atomic E-state index is -3.56. The molecule has 0 aliphatic carbocycles. The van der Waals surface area contributed by atoms with Gasteiger partial charge >= 0.3 is 0 Å². The predicted octanol–water partition coefficient (Wildman–Crippen LogP) is 3.78. The SMILES string of the molecule is CC(C)O/C(C#CC(C)(C)C)=C/S(=O)(=O)c1ccccc1. The fraction of sp³-hybridized carbons (Fsp3) is 0.412. The molecule has 4 heteroatoms. The summed E-state index contributed by atoms with van der Waals surface area (Å²) in [7, 11) is -3.56. The molecule has 0 heterocycles. The van der Waals surface area contributed by atoms with Gasteiger partial charge in [-0.2, -0.15) is 0 Å². The van der Waals surface area contributed by atoms with Crippen molar-refractivity contribution in [2.45, 2.75) is 45.6 Å². The highest BCUT2D eigenvalue weighted by atomic mass is 32.2. The molecule has 0 N–H and O–H groups in total. The molecule has 21 heavy (non-hydrogen) atoms. The molecule has 0 aliphatic heterocycles. The molecular formula is C17H22O3S. The van der Waals surface area contributed by atoms with Gasteiger partial charge in [0.05, 0.1) is 16.4 Å². The molecule has 0 radical (unpaired) electrons. The van der Waals surface area contributed by atoms with Crippen LogP contribution in [0.5, 0.6) is 0 Å². The second-order valence-electron chi connectivity index (χ2n) is 6.01. The maximum absolute atomic E-state index is 12.3. The van der Waals surface area contributed by atoms with Gasteiger partial charge in [-0.05, 0) is 52.7 Å². The first-order chi connectivity index (χ1) is 9.60. The summed E-state index contributed by atoms with van der Waals surface area (Å²) in [4.78, 5) is 0.229. The van der Waals surface area contributed by atoms with Gasteiger partial charge in [0, 0.05) is 5.41 Å². The molecule has 0 fully saturated rings. The van der Waals surface area contributed by atoms with Crippen molar-refractivity contribution < 1.29 is 13.2 Å². The summed E-state index contributed by atoms with van der Waals surface area (Å²) in [5, 5.41) is 1.10. The Balaban J connectivity index is 3.21. The van der Waals surface area contributed by atoms with E-state index in [0.717, 1.165) is 5.41 Å². The first kappa shape index (κ1) is 17.3. The van der Waals surface area contributed by atoms with Crippen LogP contribution in [-0.2, 0) is 14.6 Å². The molecule has 1 aromatic rings. The zero-order valence-corrected chi connectivity index (χ0v) is 14.0. The highest BCUT2D eigenvalue weighted by Gasteiger charge is 2.14. The minimum Gasteiger partial charge on any atom is -0.482 e. The molecule has 0 aromatic heterocycles. The first-order valence-electron chi connectivity index (χ1n) is 6.82. The number of ether oxygens (including phenoxy) is 1. The highest BCUT2D eigenvalue weighted by Crippen LogP contribution is 2.16. The van der Waals surface area contributed by atoms with E-state index in [9.17, 15) is 8.42 Å². The van der Waals surface area contributed by atoms with Crippen molar-refractivity contribution in [3.8, 4) is 11.8 Å². The summed E-state index contributed by atoms with van der Waals surface area (Å²) in [6.45, 7) is 9.54. The van der Waals surface area contributed by atoms with E-state index in [1.165, 1.54) is 0 Å². The largest absolute Gasteiger partial charge is 0.482 e. The van der Waals surface area contributed by atoms with E-state index in [4.69, 9.17) is 4.74 Å². The first-order valence-corrected chi connectivity index (χ1v) is 8.36. The molecule has 0 unspecified atom stereocenters. The van der Waals surface area contributed by atoms with Crippen LogP contribution in [0.25, 0.3) is 0 Å². The molecule has 0 amide bonds. The van der Waals surface area contributed by atoms with Gasteiger partial charge in [-0.3, -0.25) is 0 Å². The van der Waals surface area contributed by atoms with Crippen molar-refractivity contribution in [3.63, 3.8) is 0 Å². The summed E-state index contributed by atoms with van der Waals surface area (Å²) in [6.07, 6.45) is -0.142. The van der Waals surface area contributed by atoms with Crippen LogP contribution in [0, 0.1) is 17.3 Å². The number of rotatable bonds is 4. The van der Waals surface area contributed by atoms with Gasteiger partial charge in [0.15, 0.2) is 5.76 Å². The Labute approximate surface area is 127 Å². The third kappa shape index (κ3) is 6.50. The van der Waals surface area contributed by atoms with Crippen molar-refractivity contribution in [3.05, 3.63) is 41.5 Å². The Kier molecular flexibility index (Phi) is 5.62. The fourth-order valence-electron chi connectivity index (χ4n) is 1.41. The van der Waals surface area contributed by atoms with Gasteiger partial charge in [-0.25, -0.2) is 8.42 Å². The number of sulfone groups is 1. The fourth-order valence-corrected chi connectivity index (χ4v) is 2.48. The van der Waals surface area contributed by atoms with Crippen LogP contribution in [0.15, 0.2) is 46.4 Å². The topological polar surface area (TPSA) is 43.4 Å². The van der Waals surface area contributed by atoms with E-state index < -0.39 is 9.84 Å². The lowest BCUT2D eigenvalue weighted by molar-refractivity contribution is 0.161. The molecule has 0 saturated carbocycles. The average molecular weight is 306 g/mol. The zero-order valence-electron chi connectivity index (χ0n) is 13.2. The lowest BCUT2D eigenvalue weighted by Gasteiger charge is -2.11. The van der Waals surface area contributed by atoms with Crippen LogP contribution in [-0.4, -0.2) is 14.5 Å². The van der Waals surface area contributed by atoms with Crippen molar-refractivity contribution >= 4 is 9.84 Å². The molecule has 114 valence electrons. The molecular weight excluding hydrogens is 284 g/mol. The predicted molar refractivity (Wildman–Crippen MR) is 85.2 cm³/mol. The van der Waals surface area contributed by atoms with E-state index in [1.54, 1.807) is 30.3 Å². The third-order valence-electron chi connectivity index (χ3n) is 2.26. The van der Waals surface area contributed by atoms with Crippen LogP contribution in [0.3, 0.4) is 0 Å². The van der Waals surface area contributed by atoms with Crippen molar-refractivity contribution in [2.75, 3.05) is 0 Å². The molecule has 1 aromatic carbocycles. The van der Waals surface area contributed by atoms with Gasteiger partial charge in [0.2, 0.25) is 9.84 Å². The normalized spacial score (nSPS) is 12.8. The maximum atomic E-state index is 12.3. The molecule has 3 nitrogen and oxygen atoms in total. The summed E-state index contributed by atoms with van der Waals surface area (Å²) in [6, 6.07) is 8.24. The summed E-state index contributed by atoms with van der Waals surface area (Å²) in [5.41, 5.74) is -0.226. The second-order valence-corrected chi connectivity index (χ2v) is 7.80. The van der Waals surface area contributed by atoms with Gasteiger partial charge < -0.3 is 4.74 Å². The molecule has 0 spiro atoms. The Hall–Kier alpha value is -1.73. The Morgan fingerprint density at radius 2 is 1.76 bits per heavy atom. The van der Waals surface area contributed by atoms with Crippen LogP contribution in [0.1, 0.15) is 34.6 Å². The van der Waals surface area contributed by atoms with Crippen molar-refractivity contribution in [1.29, 1.82) is 0 Å². The lowest BCUT2D eigenvalue weighted by Crippen LogP contribution is -2.06. The summed E-state index contributed by atoms with van der Waals surface area (Å²) in [5.74, 6) is 5.99. The van der Waals surface area contributed by atoms with Crippen molar-refractivity contribution in [1.82, 2.24) is 0 Å². The number of hydrogen-bond donors (Lipinski definition) is 0. The van der Waals surface area contributed by atoms with Gasteiger partial charge in [-0.15, -0.1) is 0 Å². The minimum absolute atomic E-state index is 0.142. The second kappa shape index (κ2) is 6.82. The van der Waals surface area contributed by atoms with E-state index in [-0.39, 0.29) is 22.2 Å². The zero-order chi connectivity index (χ0) is 16.1. The van der Waals surface area contributed by atoms with Crippen LogP contribution >= 0.6 is 0 Å². The maximum Gasteiger partial charge on any atom is 0.204 e. The molecule has 0 aliphatic rings. The number of hydrogen-bond acceptors (Lipinski definition) is 3. The van der Waals surface area contributed by atoms with Gasteiger partial charge in [0.25, 0.3) is 0 Å². The van der Waals surface area contributed by atoms with Crippen LogP contribution in [0.4, 0.5) is 0 Å². The number of benzene rings is 1. The van der Waals surface area contributed by atoms with E-state index >= 15 is 0 Å². The summed E-state index contributed by atoms with van der Waals surface area (Å²) >= 11 is 0. The van der Waals surface area contributed by atoms with Crippen LogP contribution in [0.2, 0.25) is 0 Å². The average Bonchev–Trinajstić information content (AvgIpc) is 2.35. The Bertz CT molecular complexity index is 651. The van der Waals surface area contributed by atoms with E-state index in [1.807, 2.05) is 34.6 Å². The smallest absolute Gasteiger partial charge is 0.204 e. The van der Waals surface area contributed by atoms with Gasteiger partial charge in [0.1, 0.15) is 0 Å². The molecule has 1 rings (SSSR count). The standard InChI is InChI=1S/C17H22O3S/c1-14(2)20-15(11-12-17(3,4)5)13-21(18,19)16-9-7-6-8-10-16/h6-10,13-14H,1-5H3/b15-13+. The quantitative estimate of drug-likeness (QED) is 0.628. The highest BCUT2D eigenvalue weighted by molar-refractivity contribution is 7.94.